The minimum absolute atomic E-state index is 0.203. The highest BCUT2D eigenvalue weighted by Gasteiger charge is 2.19. The van der Waals surface area contributed by atoms with Gasteiger partial charge in [-0.1, -0.05) is 30.3 Å². The molecule has 2 aromatic rings. The summed E-state index contributed by atoms with van der Waals surface area (Å²) < 4.78 is 4.94. The Balaban J connectivity index is 2.11. The van der Waals surface area contributed by atoms with E-state index in [0.717, 1.165) is 5.56 Å². The molecule has 0 radical (unpaired) electrons. The molecule has 0 amide bonds. The zero-order valence-corrected chi connectivity index (χ0v) is 10.6. The molecular weight excluding hydrogens is 244 g/mol. The number of benzene rings is 1. The summed E-state index contributed by atoms with van der Waals surface area (Å²) in [5.74, 6) is 0.123. The largest absolute Gasteiger partial charge is 0.462 e. The standard InChI is InChI=1S/C13H16N4O2/c1-2-19-13(18)10-11(14)16-17-12(10)15-8-9-6-4-3-5-7-9/h3-7H,2,8H2,1H3,(H4,14,15,16,17). The number of H-pyrrole nitrogens is 1. The van der Waals surface area contributed by atoms with Crippen molar-refractivity contribution in [1.29, 1.82) is 0 Å². The second-order valence-corrected chi connectivity index (χ2v) is 3.92. The Morgan fingerprint density at radius 2 is 2.16 bits per heavy atom. The summed E-state index contributed by atoms with van der Waals surface area (Å²) in [4.78, 5) is 11.8. The first-order chi connectivity index (χ1) is 9.22. The molecule has 19 heavy (non-hydrogen) atoms. The monoisotopic (exact) mass is 260 g/mol. The predicted octanol–water partition coefficient (Wildman–Crippen LogP) is 1.78. The maximum Gasteiger partial charge on any atom is 0.345 e. The molecule has 0 aliphatic heterocycles. The van der Waals surface area contributed by atoms with Crippen LogP contribution in [-0.4, -0.2) is 22.8 Å². The van der Waals surface area contributed by atoms with Crippen LogP contribution in [0.4, 0.5) is 11.6 Å². The molecule has 0 aliphatic rings. The van der Waals surface area contributed by atoms with Crippen LogP contribution < -0.4 is 11.1 Å². The molecule has 1 aromatic carbocycles. The molecule has 0 unspecified atom stereocenters. The van der Waals surface area contributed by atoms with Crippen LogP contribution in [0.2, 0.25) is 0 Å². The zero-order chi connectivity index (χ0) is 13.7. The Morgan fingerprint density at radius 3 is 2.84 bits per heavy atom. The van der Waals surface area contributed by atoms with Gasteiger partial charge in [-0.05, 0) is 12.5 Å². The summed E-state index contributed by atoms with van der Waals surface area (Å²) in [7, 11) is 0. The number of aromatic nitrogens is 2. The van der Waals surface area contributed by atoms with Crippen molar-refractivity contribution in [3.63, 3.8) is 0 Å². The summed E-state index contributed by atoms with van der Waals surface area (Å²) in [5.41, 5.74) is 7.01. The number of carbonyl (C=O) groups is 1. The number of hydrogen-bond acceptors (Lipinski definition) is 5. The van der Waals surface area contributed by atoms with E-state index in [1.165, 1.54) is 0 Å². The Morgan fingerprint density at radius 1 is 1.42 bits per heavy atom. The molecule has 1 aromatic heterocycles. The summed E-state index contributed by atoms with van der Waals surface area (Å²) in [5, 5.41) is 9.62. The quantitative estimate of drug-likeness (QED) is 0.712. The highest BCUT2D eigenvalue weighted by Crippen LogP contribution is 2.20. The fraction of sp³-hybridized carbons (Fsp3) is 0.231. The summed E-state index contributed by atoms with van der Waals surface area (Å²) in [6.45, 7) is 2.59. The molecular formula is C13H16N4O2. The van der Waals surface area contributed by atoms with Crippen molar-refractivity contribution in [2.75, 3.05) is 17.7 Å². The predicted molar refractivity (Wildman–Crippen MR) is 72.7 cm³/mol. The summed E-state index contributed by atoms with van der Waals surface area (Å²) in [6, 6.07) is 9.80. The van der Waals surface area contributed by atoms with Crippen molar-refractivity contribution in [3.8, 4) is 0 Å². The minimum Gasteiger partial charge on any atom is -0.462 e. The Labute approximate surface area is 111 Å². The van der Waals surface area contributed by atoms with E-state index in [4.69, 9.17) is 10.5 Å². The van der Waals surface area contributed by atoms with E-state index in [1.807, 2.05) is 30.3 Å². The second kappa shape index (κ2) is 5.90. The lowest BCUT2D eigenvalue weighted by Crippen LogP contribution is -2.10. The van der Waals surface area contributed by atoms with Gasteiger partial charge in [0.1, 0.15) is 11.4 Å². The normalized spacial score (nSPS) is 10.2. The molecule has 2 rings (SSSR count). The van der Waals surface area contributed by atoms with Crippen molar-refractivity contribution in [2.24, 2.45) is 0 Å². The van der Waals surface area contributed by atoms with E-state index in [1.54, 1.807) is 6.92 Å². The highest BCUT2D eigenvalue weighted by atomic mass is 16.5. The van der Waals surface area contributed by atoms with Gasteiger partial charge in [0, 0.05) is 6.54 Å². The lowest BCUT2D eigenvalue weighted by molar-refractivity contribution is 0.0529. The van der Waals surface area contributed by atoms with Gasteiger partial charge in [-0.3, -0.25) is 5.10 Å². The van der Waals surface area contributed by atoms with E-state index >= 15 is 0 Å². The number of carbonyl (C=O) groups excluding carboxylic acids is 1. The van der Waals surface area contributed by atoms with E-state index in [2.05, 4.69) is 15.5 Å². The summed E-state index contributed by atoms with van der Waals surface area (Å²) in [6.07, 6.45) is 0. The molecule has 4 N–H and O–H groups in total. The first-order valence-electron chi connectivity index (χ1n) is 6.01. The topological polar surface area (TPSA) is 93.0 Å². The molecule has 0 aliphatic carbocycles. The zero-order valence-electron chi connectivity index (χ0n) is 10.6. The van der Waals surface area contributed by atoms with Crippen molar-refractivity contribution < 1.29 is 9.53 Å². The van der Waals surface area contributed by atoms with Gasteiger partial charge in [0.05, 0.1) is 6.61 Å². The summed E-state index contributed by atoms with van der Waals surface area (Å²) >= 11 is 0. The molecule has 0 fully saturated rings. The van der Waals surface area contributed by atoms with Gasteiger partial charge in [-0.25, -0.2) is 4.79 Å². The molecule has 1 heterocycles. The smallest absolute Gasteiger partial charge is 0.345 e. The Kier molecular flexibility index (Phi) is 4.02. The van der Waals surface area contributed by atoms with Crippen LogP contribution >= 0.6 is 0 Å². The Hall–Kier alpha value is -2.50. The highest BCUT2D eigenvalue weighted by molar-refractivity contribution is 5.99. The second-order valence-electron chi connectivity index (χ2n) is 3.92. The van der Waals surface area contributed by atoms with Gasteiger partial charge in [0.15, 0.2) is 5.82 Å². The lowest BCUT2D eigenvalue weighted by Gasteiger charge is -2.06. The van der Waals surface area contributed by atoms with Crippen LogP contribution in [0, 0.1) is 0 Å². The molecule has 6 heteroatoms. The third kappa shape index (κ3) is 3.04. The van der Waals surface area contributed by atoms with Crippen LogP contribution in [0.3, 0.4) is 0 Å². The minimum atomic E-state index is -0.482. The molecule has 0 saturated heterocycles. The van der Waals surface area contributed by atoms with Gasteiger partial charge in [0.2, 0.25) is 0 Å². The Bertz CT molecular complexity index is 551. The number of aromatic amines is 1. The SMILES string of the molecule is CCOC(=O)c1c(NCc2ccccc2)n[nH]c1N. The van der Waals surface area contributed by atoms with Gasteiger partial charge < -0.3 is 15.8 Å². The maximum atomic E-state index is 11.8. The molecule has 0 saturated carbocycles. The number of hydrogen-bond donors (Lipinski definition) is 3. The molecule has 6 nitrogen and oxygen atoms in total. The molecule has 0 spiro atoms. The number of nitrogen functional groups attached to an aromatic ring is 1. The van der Waals surface area contributed by atoms with Crippen LogP contribution in [0.1, 0.15) is 22.8 Å². The number of esters is 1. The van der Waals surface area contributed by atoms with Crippen molar-refractivity contribution in [1.82, 2.24) is 10.2 Å². The molecule has 0 atom stereocenters. The lowest BCUT2D eigenvalue weighted by atomic mass is 10.2. The van der Waals surface area contributed by atoms with Crippen LogP contribution in [0.25, 0.3) is 0 Å². The van der Waals surface area contributed by atoms with E-state index in [-0.39, 0.29) is 11.4 Å². The fourth-order valence-corrected chi connectivity index (χ4v) is 1.67. The van der Waals surface area contributed by atoms with Crippen molar-refractivity contribution in [2.45, 2.75) is 13.5 Å². The number of anilines is 2. The van der Waals surface area contributed by atoms with E-state index in [0.29, 0.717) is 19.0 Å². The van der Waals surface area contributed by atoms with Crippen LogP contribution in [0.5, 0.6) is 0 Å². The van der Waals surface area contributed by atoms with Gasteiger partial charge in [-0.2, -0.15) is 5.10 Å². The number of ether oxygens (including phenoxy) is 1. The van der Waals surface area contributed by atoms with E-state index < -0.39 is 5.97 Å². The first-order valence-corrected chi connectivity index (χ1v) is 6.01. The third-order valence-corrected chi connectivity index (χ3v) is 2.58. The fourth-order valence-electron chi connectivity index (χ4n) is 1.67. The van der Waals surface area contributed by atoms with Crippen LogP contribution in [0.15, 0.2) is 30.3 Å². The van der Waals surface area contributed by atoms with Crippen molar-refractivity contribution in [3.05, 3.63) is 41.5 Å². The van der Waals surface area contributed by atoms with Gasteiger partial charge in [-0.15, -0.1) is 0 Å². The van der Waals surface area contributed by atoms with Gasteiger partial charge in [0.25, 0.3) is 0 Å². The maximum absolute atomic E-state index is 11.8. The first kappa shape index (κ1) is 12.9. The van der Waals surface area contributed by atoms with Gasteiger partial charge >= 0.3 is 5.97 Å². The van der Waals surface area contributed by atoms with E-state index in [9.17, 15) is 4.79 Å². The van der Waals surface area contributed by atoms with Crippen molar-refractivity contribution >= 4 is 17.6 Å². The molecule has 100 valence electrons. The average molecular weight is 260 g/mol. The molecule has 0 bridgehead atoms. The number of nitrogens with one attached hydrogen (secondary N) is 2. The number of nitrogens with two attached hydrogens (primary N) is 1. The number of nitrogens with zero attached hydrogens (tertiary/aromatic N) is 1. The third-order valence-electron chi connectivity index (χ3n) is 2.58. The van der Waals surface area contributed by atoms with Crippen LogP contribution in [-0.2, 0) is 11.3 Å². The number of rotatable bonds is 5. The average Bonchev–Trinajstić information content (AvgIpc) is 2.79.